The highest BCUT2D eigenvalue weighted by atomic mass is 32.1. The lowest BCUT2D eigenvalue weighted by Crippen LogP contribution is -2.53. The van der Waals surface area contributed by atoms with Crippen LogP contribution in [0.5, 0.6) is 0 Å². The average Bonchev–Trinajstić information content (AvgIpc) is 2.57. The Bertz CT molecular complexity index is 942. The smallest absolute Gasteiger partial charge is 0.432 e. The predicted molar refractivity (Wildman–Crippen MR) is 85.6 cm³/mol. The van der Waals surface area contributed by atoms with E-state index in [4.69, 9.17) is 18.0 Å². The van der Waals surface area contributed by atoms with Gasteiger partial charge < -0.3 is 20.1 Å². The van der Waals surface area contributed by atoms with Crippen LogP contribution in [0.25, 0.3) is 0 Å². The van der Waals surface area contributed by atoms with E-state index in [1.807, 2.05) is 4.98 Å². The first-order chi connectivity index (χ1) is 12.0. The Morgan fingerprint density at radius 1 is 1.50 bits per heavy atom. The van der Waals surface area contributed by atoms with Crippen LogP contribution in [0.4, 0.5) is 19.0 Å². The second-order valence-corrected chi connectivity index (χ2v) is 5.55. The molecule has 0 aliphatic heterocycles. The van der Waals surface area contributed by atoms with E-state index >= 15 is 0 Å². The Labute approximate surface area is 149 Å². The first kappa shape index (κ1) is 19.6. The fourth-order valence-electron chi connectivity index (χ4n) is 2.28. The number of nitrogens with zero attached hydrogens (tertiary/aromatic N) is 2. The zero-order valence-electron chi connectivity index (χ0n) is 13.2. The molecule has 2 heterocycles. The first-order valence-corrected chi connectivity index (χ1v) is 7.34. The summed E-state index contributed by atoms with van der Waals surface area (Å²) in [7, 11) is 0.633. The van der Waals surface area contributed by atoms with E-state index in [1.54, 1.807) is 12.1 Å². The number of rotatable bonds is 4. The molecule has 8 nitrogen and oxygen atoms in total. The van der Waals surface area contributed by atoms with Gasteiger partial charge in [0.15, 0.2) is 4.77 Å². The van der Waals surface area contributed by atoms with Crippen molar-refractivity contribution in [2.45, 2.75) is 18.3 Å². The summed E-state index contributed by atoms with van der Waals surface area (Å²) >= 11 is 4.92. The van der Waals surface area contributed by atoms with E-state index in [2.05, 4.69) is 9.72 Å². The molecule has 1 atom stereocenters. The van der Waals surface area contributed by atoms with Crippen molar-refractivity contribution in [3.63, 3.8) is 0 Å². The number of nitrogens with two attached hydrogens (primary N) is 1. The third-order valence-corrected chi connectivity index (χ3v) is 3.88. The number of anilines is 1. The lowest BCUT2D eigenvalue weighted by atomic mass is 9.94. The number of hydrogen-bond donors (Lipinski definition) is 3. The third-order valence-electron chi connectivity index (χ3n) is 3.56. The Balaban J connectivity index is 2.77. The number of aromatic nitrogens is 3. The molecule has 0 spiro atoms. The quantitative estimate of drug-likeness (QED) is 0.522. The SMILES string of the molecule is COC(=O)C(O)(c1c(N)n(Cc2cccnc2)c(=S)[nH]c1=O)C(F)(F)F. The summed E-state index contributed by atoms with van der Waals surface area (Å²) in [6.07, 6.45) is -2.69. The van der Waals surface area contributed by atoms with Gasteiger partial charge in [0.1, 0.15) is 11.4 Å². The fourth-order valence-corrected chi connectivity index (χ4v) is 2.53. The van der Waals surface area contributed by atoms with Gasteiger partial charge in [-0.2, -0.15) is 13.2 Å². The number of nitrogens with one attached hydrogen (secondary N) is 1. The molecular weight excluding hydrogens is 377 g/mol. The van der Waals surface area contributed by atoms with Gasteiger partial charge in [0, 0.05) is 12.4 Å². The number of nitrogen functional groups attached to an aromatic ring is 1. The first-order valence-electron chi connectivity index (χ1n) is 6.93. The van der Waals surface area contributed by atoms with E-state index in [1.165, 1.54) is 12.4 Å². The van der Waals surface area contributed by atoms with E-state index in [0.29, 0.717) is 12.7 Å². The lowest BCUT2D eigenvalue weighted by molar-refractivity contribution is -0.267. The Hall–Kier alpha value is -2.73. The number of aromatic amines is 1. The number of esters is 1. The Kier molecular flexibility index (Phi) is 5.18. The van der Waals surface area contributed by atoms with Gasteiger partial charge in [0.2, 0.25) is 0 Å². The summed E-state index contributed by atoms with van der Waals surface area (Å²) in [6.45, 7) is -0.155. The van der Waals surface area contributed by atoms with Gasteiger partial charge in [-0.25, -0.2) is 4.79 Å². The zero-order chi connectivity index (χ0) is 19.7. The number of ether oxygens (including phenoxy) is 1. The minimum absolute atomic E-state index is 0.155. The molecule has 0 aliphatic carbocycles. The lowest BCUT2D eigenvalue weighted by Gasteiger charge is -2.29. The van der Waals surface area contributed by atoms with E-state index < -0.39 is 34.7 Å². The van der Waals surface area contributed by atoms with Crippen LogP contribution in [0, 0.1) is 4.77 Å². The topological polar surface area (TPSA) is 123 Å². The van der Waals surface area contributed by atoms with Crippen LogP contribution in [-0.4, -0.2) is 38.9 Å². The van der Waals surface area contributed by atoms with Crippen molar-refractivity contribution in [2.24, 2.45) is 0 Å². The molecule has 2 aromatic rings. The molecule has 0 saturated heterocycles. The molecule has 0 aliphatic rings. The molecule has 2 rings (SSSR count). The summed E-state index contributed by atoms with van der Waals surface area (Å²) < 4.78 is 45.0. The molecule has 4 N–H and O–H groups in total. The second-order valence-electron chi connectivity index (χ2n) is 5.17. The number of halogens is 3. The Morgan fingerprint density at radius 2 is 2.15 bits per heavy atom. The van der Waals surface area contributed by atoms with Gasteiger partial charge in [-0.05, 0) is 23.8 Å². The minimum Gasteiger partial charge on any atom is -0.466 e. The number of carbonyl (C=O) groups is 1. The van der Waals surface area contributed by atoms with Crippen molar-refractivity contribution in [1.82, 2.24) is 14.5 Å². The molecule has 2 aromatic heterocycles. The van der Waals surface area contributed by atoms with Crippen LogP contribution in [0.1, 0.15) is 11.1 Å². The molecule has 140 valence electrons. The maximum atomic E-state index is 13.4. The third kappa shape index (κ3) is 3.20. The highest BCUT2D eigenvalue weighted by Gasteiger charge is 2.64. The summed E-state index contributed by atoms with van der Waals surface area (Å²) in [4.78, 5) is 29.6. The van der Waals surface area contributed by atoms with Gasteiger partial charge in [0.05, 0.1) is 13.7 Å². The zero-order valence-corrected chi connectivity index (χ0v) is 14.0. The van der Waals surface area contributed by atoms with Crippen LogP contribution < -0.4 is 11.3 Å². The number of hydrogen-bond acceptors (Lipinski definition) is 7. The number of carbonyl (C=O) groups excluding carboxylic acids is 1. The van der Waals surface area contributed by atoms with Crippen LogP contribution in [0.2, 0.25) is 0 Å². The van der Waals surface area contributed by atoms with Crippen molar-refractivity contribution in [3.05, 3.63) is 50.8 Å². The summed E-state index contributed by atoms with van der Waals surface area (Å²) in [5.41, 5.74) is -0.947. The normalized spacial score (nSPS) is 13.9. The van der Waals surface area contributed by atoms with Crippen LogP contribution >= 0.6 is 12.2 Å². The number of alkyl halides is 3. The van der Waals surface area contributed by atoms with E-state index in [9.17, 15) is 27.9 Å². The molecule has 0 fully saturated rings. The molecular formula is C14H13F3N4O4S. The van der Waals surface area contributed by atoms with Crippen molar-refractivity contribution >= 4 is 24.0 Å². The molecule has 0 saturated carbocycles. The number of aliphatic hydroxyl groups is 1. The van der Waals surface area contributed by atoms with Crippen molar-refractivity contribution in [1.29, 1.82) is 0 Å². The highest BCUT2D eigenvalue weighted by molar-refractivity contribution is 7.71. The molecule has 1 unspecified atom stereocenters. The molecule has 0 radical (unpaired) electrons. The molecule has 12 heteroatoms. The number of methoxy groups -OCH3 is 1. The van der Waals surface area contributed by atoms with Crippen LogP contribution in [-0.2, 0) is 21.7 Å². The second kappa shape index (κ2) is 6.88. The van der Waals surface area contributed by atoms with Crippen molar-refractivity contribution < 1.29 is 27.8 Å². The maximum Gasteiger partial charge on any atom is 0.432 e. The minimum atomic E-state index is -5.57. The van der Waals surface area contributed by atoms with Gasteiger partial charge in [0.25, 0.3) is 11.2 Å². The average molecular weight is 390 g/mol. The Morgan fingerprint density at radius 3 is 2.65 bits per heavy atom. The van der Waals surface area contributed by atoms with Gasteiger partial charge in [-0.3, -0.25) is 14.8 Å². The summed E-state index contributed by atoms with van der Waals surface area (Å²) in [5, 5.41) is 10.1. The van der Waals surface area contributed by atoms with E-state index in [0.717, 1.165) is 4.57 Å². The predicted octanol–water partition coefficient (Wildman–Crippen LogP) is 0.854. The standard InChI is InChI=1S/C14H13F3N4O4S/c1-25-11(23)13(24,14(15,16)17)8-9(18)21(12(26)20-10(8)22)6-7-3-2-4-19-5-7/h2-5,24H,6,18H2,1H3,(H,20,22,26). The molecule has 0 aromatic carbocycles. The van der Waals surface area contributed by atoms with Crippen molar-refractivity contribution in [3.8, 4) is 0 Å². The monoisotopic (exact) mass is 390 g/mol. The molecule has 0 bridgehead atoms. The van der Waals surface area contributed by atoms with Crippen molar-refractivity contribution in [2.75, 3.05) is 12.8 Å². The number of pyridine rings is 1. The molecule has 0 amide bonds. The van der Waals surface area contributed by atoms with E-state index in [-0.39, 0.29) is 11.3 Å². The fraction of sp³-hybridized carbons (Fsp3) is 0.286. The van der Waals surface area contributed by atoms with Gasteiger partial charge in [-0.15, -0.1) is 0 Å². The van der Waals surface area contributed by atoms with Gasteiger partial charge >= 0.3 is 12.1 Å². The van der Waals surface area contributed by atoms with Crippen LogP contribution in [0.3, 0.4) is 0 Å². The maximum absolute atomic E-state index is 13.4. The molecule has 26 heavy (non-hydrogen) atoms. The van der Waals surface area contributed by atoms with Crippen LogP contribution in [0.15, 0.2) is 29.3 Å². The number of H-pyrrole nitrogens is 1. The highest BCUT2D eigenvalue weighted by Crippen LogP contribution is 2.40. The summed E-state index contributed by atoms with van der Waals surface area (Å²) in [5.74, 6) is -2.93. The summed E-state index contributed by atoms with van der Waals surface area (Å²) in [6, 6.07) is 3.16. The largest absolute Gasteiger partial charge is 0.466 e. The van der Waals surface area contributed by atoms with Gasteiger partial charge in [-0.1, -0.05) is 6.07 Å².